The molecule has 1 saturated carbocycles. The van der Waals surface area contributed by atoms with E-state index in [0.717, 1.165) is 12.5 Å². The topological polar surface area (TPSA) is 21.3 Å². The van der Waals surface area contributed by atoms with Gasteiger partial charge in [0.1, 0.15) is 0 Å². The minimum atomic E-state index is 0.462. The third-order valence-electron chi connectivity index (χ3n) is 2.54. The van der Waals surface area contributed by atoms with E-state index in [0.29, 0.717) is 12.1 Å². The lowest BCUT2D eigenvalue weighted by Crippen LogP contribution is -2.38. The summed E-state index contributed by atoms with van der Waals surface area (Å²) in [6.07, 6.45) is 4.29. The number of hydrogen-bond donors (Lipinski definition) is 1. The smallest absolute Gasteiger partial charge is 0.0724 e. The predicted octanol–water partition coefficient (Wildman–Crippen LogP) is 1.80. The van der Waals surface area contributed by atoms with E-state index in [-0.39, 0.29) is 0 Å². The standard InChI is InChI=1S/C10H21NO/c1-8(2)7-11-9-5-4-6-10(9)12-3/h8-11H,4-7H2,1-3H3/t9-,10+/m1/s1. The van der Waals surface area contributed by atoms with Gasteiger partial charge < -0.3 is 10.1 Å². The zero-order chi connectivity index (χ0) is 8.97. The molecule has 72 valence electrons. The maximum atomic E-state index is 5.39. The van der Waals surface area contributed by atoms with Crippen molar-refractivity contribution in [2.24, 2.45) is 5.92 Å². The summed E-state index contributed by atoms with van der Waals surface area (Å²) in [5.41, 5.74) is 0. The Bertz CT molecular complexity index is 125. The molecule has 1 rings (SSSR count). The summed E-state index contributed by atoms with van der Waals surface area (Å²) in [6, 6.07) is 0.609. The van der Waals surface area contributed by atoms with E-state index >= 15 is 0 Å². The largest absolute Gasteiger partial charge is 0.380 e. The van der Waals surface area contributed by atoms with Gasteiger partial charge in [-0.15, -0.1) is 0 Å². The van der Waals surface area contributed by atoms with Crippen molar-refractivity contribution >= 4 is 0 Å². The van der Waals surface area contributed by atoms with Crippen LogP contribution in [0.2, 0.25) is 0 Å². The molecule has 2 atom stereocenters. The van der Waals surface area contributed by atoms with Gasteiger partial charge >= 0.3 is 0 Å². The van der Waals surface area contributed by atoms with Gasteiger partial charge in [-0.05, 0) is 31.7 Å². The molecule has 1 aliphatic carbocycles. The first-order valence-corrected chi connectivity index (χ1v) is 5.00. The van der Waals surface area contributed by atoms with Crippen LogP contribution < -0.4 is 5.32 Å². The van der Waals surface area contributed by atoms with Crippen LogP contribution >= 0.6 is 0 Å². The van der Waals surface area contributed by atoms with Gasteiger partial charge in [0, 0.05) is 13.2 Å². The normalized spacial score (nSPS) is 30.0. The van der Waals surface area contributed by atoms with Crippen LogP contribution in [-0.4, -0.2) is 25.8 Å². The van der Waals surface area contributed by atoms with Crippen molar-refractivity contribution in [1.82, 2.24) is 5.32 Å². The van der Waals surface area contributed by atoms with E-state index in [4.69, 9.17) is 4.74 Å². The third kappa shape index (κ3) is 2.76. The van der Waals surface area contributed by atoms with Crippen LogP contribution in [0.4, 0.5) is 0 Å². The van der Waals surface area contributed by atoms with Gasteiger partial charge in [-0.3, -0.25) is 0 Å². The summed E-state index contributed by atoms with van der Waals surface area (Å²) < 4.78 is 5.39. The second-order valence-corrected chi connectivity index (χ2v) is 4.11. The van der Waals surface area contributed by atoms with Crippen LogP contribution in [-0.2, 0) is 4.74 Å². The minimum absolute atomic E-state index is 0.462. The van der Waals surface area contributed by atoms with Crippen LogP contribution in [0.15, 0.2) is 0 Å². The molecule has 0 bridgehead atoms. The molecule has 0 heterocycles. The van der Waals surface area contributed by atoms with E-state index in [2.05, 4.69) is 19.2 Å². The average Bonchev–Trinajstić information content (AvgIpc) is 2.47. The van der Waals surface area contributed by atoms with Crippen LogP contribution in [0.5, 0.6) is 0 Å². The fourth-order valence-electron chi connectivity index (χ4n) is 1.83. The highest BCUT2D eigenvalue weighted by molar-refractivity contribution is 4.83. The molecule has 0 radical (unpaired) electrons. The number of methoxy groups -OCH3 is 1. The number of ether oxygens (including phenoxy) is 1. The van der Waals surface area contributed by atoms with Gasteiger partial charge in [-0.25, -0.2) is 0 Å². The molecule has 12 heavy (non-hydrogen) atoms. The molecule has 1 aliphatic rings. The van der Waals surface area contributed by atoms with E-state index in [9.17, 15) is 0 Å². The van der Waals surface area contributed by atoms with E-state index < -0.39 is 0 Å². The van der Waals surface area contributed by atoms with Gasteiger partial charge in [0.05, 0.1) is 6.10 Å². The fraction of sp³-hybridized carbons (Fsp3) is 1.00. The van der Waals surface area contributed by atoms with Gasteiger partial charge in [0.25, 0.3) is 0 Å². The van der Waals surface area contributed by atoms with Gasteiger partial charge in [-0.1, -0.05) is 13.8 Å². The van der Waals surface area contributed by atoms with Crippen LogP contribution in [0.1, 0.15) is 33.1 Å². The Morgan fingerprint density at radius 1 is 1.42 bits per heavy atom. The summed E-state index contributed by atoms with van der Waals surface area (Å²) >= 11 is 0. The number of rotatable bonds is 4. The van der Waals surface area contributed by atoms with E-state index in [1.165, 1.54) is 19.3 Å². The Hall–Kier alpha value is -0.0800. The zero-order valence-corrected chi connectivity index (χ0v) is 8.47. The van der Waals surface area contributed by atoms with Crippen molar-refractivity contribution in [3.05, 3.63) is 0 Å². The number of hydrogen-bond acceptors (Lipinski definition) is 2. The molecule has 0 aromatic heterocycles. The Balaban J connectivity index is 2.21. The van der Waals surface area contributed by atoms with Crippen LogP contribution in [0.25, 0.3) is 0 Å². The maximum absolute atomic E-state index is 5.39. The maximum Gasteiger partial charge on any atom is 0.0724 e. The molecular formula is C10H21NO. The van der Waals surface area contributed by atoms with Crippen molar-refractivity contribution in [1.29, 1.82) is 0 Å². The molecule has 1 fully saturated rings. The summed E-state index contributed by atoms with van der Waals surface area (Å²) in [5, 5.41) is 3.56. The van der Waals surface area contributed by atoms with Gasteiger partial charge in [-0.2, -0.15) is 0 Å². The quantitative estimate of drug-likeness (QED) is 0.696. The lowest BCUT2D eigenvalue weighted by molar-refractivity contribution is 0.0843. The lowest BCUT2D eigenvalue weighted by Gasteiger charge is -2.20. The predicted molar refractivity (Wildman–Crippen MR) is 51.3 cm³/mol. The lowest BCUT2D eigenvalue weighted by atomic mass is 10.1. The van der Waals surface area contributed by atoms with Crippen LogP contribution in [0, 0.1) is 5.92 Å². The summed E-state index contributed by atoms with van der Waals surface area (Å²) in [4.78, 5) is 0. The summed E-state index contributed by atoms with van der Waals surface area (Å²) in [7, 11) is 1.82. The molecule has 0 saturated heterocycles. The molecule has 2 heteroatoms. The molecule has 0 amide bonds. The second-order valence-electron chi connectivity index (χ2n) is 4.11. The molecule has 2 nitrogen and oxygen atoms in total. The molecule has 0 spiro atoms. The van der Waals surface area contributed by atoms with E-state index in [1.807, 2.05) is 7.11 Å². The molecular weight excluding hydrogens is 150 g/mol. The molecule has 0 aromatic carbocycles. The molecule has 0 unspecified atom stereocenters. The second kappa shape index (κ2) is 4.83. The zero-order valence-electron chi connectivity index (χ0n) is 8.47. The first kappa shape index (κ1) is 10.0. The summed E-state index contributed by atoms with van der Waals surface area (Å²) in [6.45, 7) is 5.60. The average molecular weight is 171 g/mol. The van der Waals surface area contributed by atoms with Gasteiger partial charge in [0.15, 0.2) is 0 Å². The SMILES string of the molecule is CO[C@H]1CCC[C@H]1NCC(C)C. The molecule has 0 aliphatic heterocycles. The van der Waals surface area contributed by atoms with Crippen molar-refractivity contribution < 1.29 is 4.74 Å². The Labute approximate surface area is 75.7 Å². The third-order valence-corrected chi connectivity index (χ3v) is 2.54. The van der Waals surface area contributed by atoms with Gasteiger partial charge in [0.2, 0.25) is 0 Å². The van der Waals surface area contributed by atoms with Crippen molar-refractivity contribution in [3.8, 4) is 0 Å². The Morgan fingerprint density at radius 2 is 2.17 bits per heavy atom. The monoisotopic (exact) mass is 171 g/mol. The van der Waals surface area contributed by atoms with Crippen molar-refractivity contribution in [2.75, 3.05) is 13.7 Å². The molecule has 1 N–H and O–H groups in total. The fourth-order valence-corrected chi connectivity index (χ4v) is 1.83. The molecule has 0 aromatic rings. The Morgan fingerprint density at radius 3 is 2.75 bits per heavy atom. The van der Waals surface area contributed by atoms with Crippen molar-refractivity contribution in [2.45, 2.75) is 45.3 Å². The number of nitrogens with one attached hydrogen (secondary N) is 1. The minimum Gasteiger partial charge on any atom is -0.380 e. The highest BCUT2D eigenvalue weighted by Gasteiger charge is 2.26. The Kier molecular flexibility index (Phi) is 4.02. The first-order valence-electron chi connectivity index (χ1n) is 5.00. The highest BCUT2D eigenvalue weighted by Crippen LogP contribution is 2.21. The van der Waals surface area contributed by atoms with E-state index in [1.54, 1.807) is 0 Å². The summed E-state index contributed by atoms with van der Waals surface area (Å²) in [5.74, 6) is 0.739. The highest BCUT2D eigenvalue weighted by atomic mass is 16.5. The van der Waals surface area contributed by atoms with Crippen molar-refractivity contribution in [3.63, 3.8) is 0 Å². The van der Waals surface area contributed by atoms with Crippen LogP contribution in [0.3, 0.4) is 0 Å². The first-order chi connectivity index (χ1) is 5.74.